The summed E-state index contributed by atoms with van der Waals surface area (Å²) in [5.41, 5.74) is -2.51. The lowest BCUT2D eigenvalue weighted by molar-refractivity contribution is -0.175. The molecule has 0 amide bonds. The summed E-state index contributed by atoms with van der Waals surface area (Å²) in [6.45, 7) is 8.29. The third kappa shape index (κ3) is 8.73. The van der Waals surface area contributed by atoms with Gasteiger partial charge in [0.05, 0.1) is 12.8 Å². The third-order valence-corrected chi connectivity index (χ3v) is 4.81. The van der Waals surface area contributed by atoms with Crippen molar-refractivity contribution in [2.45, 2.75) is 96.9 Å². The molecular weight excluding hydrogens is 352 g/mol. The van der Waals surface area contributed by atoms with E-state index in [-0.39, 0.29) is 12.2 Å². The molecule has 0 saturated carbocycles. The highest BCUT2D eigenvalue weighted by atomic mass is 16.6. The molecule has 27 heavy (non-hydrogen) atoms. The molecule has 0 aromatic heterocycles. The highest BCUT2D eigenvalue weighted by Gasteiger charge is 2.43. The minimum absolute atomic E-state index is 0.378. The second-order valence-electron chi connectivity index (χ2n) is 8.43. The van der Waals surface area contributed by atoms with Crippen LogP contribution >= 0.6 is 0 Å². The summed E-state index contributed by atoms with van der Waals surface area (Å²) in [4.78, 5) is 35.8. The van der Waals surface area contributed by atoms with Gasteiger partial charge in [0.15, 0.2) is 5.60 Å². The number of carboxylic acid groups (broad SMARTS) is 1. The average molecular weight is 386 g/mol. The Balaban J connectivity index is 2.98. The molecule has 1 fully saturated rings. The molecule has 1 aliphatic heterocycles. The summed E-state index contributed by atoms with van der Waals surface area (Å²) in [7, 11) is 0. The number of rotatable bonds is 7. The summed E-state index contributed by atoms with van der Waals surface area (Å²) in [6.07, 6.45) is 1.81. The lowest BCUT2D eigenvalue weighted by Crippen LogP contribution is -2.44. The predicted molar refractivity (Wildman–Crippen MR) is 99.0 cm³/mol. The number of hydrogen-bond acceptors (Lipinski definition) is 6. The Morgan fingerprint density at radius 1 is 0.963 bits per heavy atom. The Bertz CT molecular complexity index is 476. The SMILES string of the molecule is CC(C)CCC1CCC(CCC(C)C)OC(=O)CC(O)(C(=O)O)CC(=O)O1. The Kier molecular flexibility index (Phi) is 9.22. The molecule has 1 aliphatic rings. The fourth-order valence-corrected chi connectivity index (χ4v) is 3.08. The quantitative estimate of drug-likeness (QED) is 0.647. The van der Waals surface area contributed by atoms with Crippen molar-refractivity contribution in [2.24, 2.45) is 11.8 Å². The second kappa shape index (κ2) is 10.6. The maximum absolute atomic E-state index is 12.2. The first kappa shape index (κ1) is 23.4. The van der Waals surface area contributed by atoms with Crippen molar-refractivity contribution < 1.29 is 34.1 Å². The van der Waals surface area contributed by atoms with Crippen LogP contribution in [0.2, 0.25) is 0 Å². The van der Waals surface area contributed by atoms with Gasteiger partial charge in [-0.2, -0.15) is 0 Å². The molecule has 0 aromatic rings. The van der Waals surface area contributed by atoms with E-state index in [1.54, 1.807) is 0 Å². The second-order valence-corrected chi connectivity index (χ2v) is 8.43. The van der Waals surface area contributed by atoms with E-state index in [0.29, 0.717) is 37.5 Å². The lowest BCUT2D eigenvalue weighted by atomic mass is 9.95. The van der Waals surface area contributed by atoms with Crippen molar-refractivity contribution in [3.8, 4) is 0 Å². The Hall–Kier alpha value is -1.63. The lowest BCUT2D eigenvalue weighted by Gasteiger charge is -2.23. The van der Waals surface area contributed by atoms with Gasteiger partial charge in [-0.3, -0.25) is 9.59 Å². The molecule has 0 radical (unpaired) electrons. The molecule has 0 aliphatic carbocycles. The van der Waals surface area contributed by atoms with Crippen molar-refractivity contribution in [2.75, 3.05) is 0 Å². The van der Waals surface area contributed by atoms with E-state index in [4.69, 9.17) is 9.47 Å². The van der Waals surface area contributed by atoms with E-state index in [1.807, 2.05) is 0 Å². The number of ether oxygens (including phenoxy) is 2. The highest BCUT2D eigenvalue weighted by molar-refractivity contribution is 5.89. The number of cyclic esters (lactones) is 2. The third-order valence-electron chi connectivity index (χ3n) is 4.81. The van der Waals surface area contributed by atoms with Crippen LogP contribution in [-0.2, 0) is 23.9 Å². The monoisotopic (exact) mass is 386 g/mol. The topological polar surface area (TPSA) is 110 Å². The van der Waals surface area contributed by atoms with Crippen LogP contribution in [0.15, 0.2) is 0 Å². The van der Waals surface area contributed by atoms with Gasteiger partial charge >= 0.3 is 17.9 Å². The molecule has 0 aromatic carbocycles. The van der Waals surface area contributed by atoms with Crippen molar-refractivity contribution in [1.29, 1.82) is 0 Å². The van der Waals surface area contributed by atoms with Gasteiger partial charge in [-0.1, -0.05) is 27.7 Å². The normalized spacial score (nSPS) is 27.8. The first-order valence-electron chi connectivity index (χ1n) is 9.86. The van der Waals surface area contributed by atoms with E-state index in [0.717, 1.165) is 12.8 Å². The summed E-state index contributed by atoms with van der Waals surface area (Å²) in [5.74, 6) is -2.36. The van der Waals surface area contributed by atoms with Crippen LogP contribution in [0.4, 0.5) is 0 Å². The van der Waals surface area contributed by atoms with Gasteiger partial charge in [0, 0.05) is 0 Å². The van der Waals surface area contributed by atoms with Gasteiger partial charge in [-0.05, 0) is 50.4 Å². The number of esters is 2. The summed E-state index contributed by atoms with van der Waals surface area (Å²) < 4.78 is 10.9. The van der Waals surface area contributed by atoms with Crippen LogP contribution in [0, 0.1) is 11.8 Å². The van der Waals surface area contributed by atoms with Crippen molar-refractivity contribution in [1.82, 2.24) is 0 Å². The van der Waals surface area contributed by atoms with Crippen LogP contribution in [0.3, 0.4) is 0 Å². The molecule has 0 spiro atoms. The number of aliphatic carboxylic acids is 1. The van der Waals surface area contributed by atoms with E-state index in [1.165, 1.54) is 0 Å². The zero-order valence-corrected chi connectivity index (χ0v) is 16.9. The molecule has 156 valence electrons. The number of carbonyl (C=O) groups excluding carboxylic acids is 2. The minimum Gasteiger partial charge on any atom is -0.479 e. The van der Waals surface area contributed by atoms with Gasteiger partial charge in [0.2, 0.25) is 0 Å². The van der Waals surface area contributed by atoms with Gasteiger partial charge < -0.3 is 19.7 Å². The summed E-state index contributed by atoms with van der Waals surface area (Å²) in [6, 6.07) is 0. The van der Waals surface area contributed by atoms with E-state index >= 15 is 0 Å². The van der Waals surface area contributed by atoms with Gasteiger partial charge in [0.25, 0.3) is 0 Å². The molecule has 2 unspecified atom stereocenters. The maximum atomic E-state index is 12.2. The van der Waals surface area contributed by atoms with Crippen molar-refractivity contribution >= 4 is 17.9 Å². The van der Waals surface area contributed by atoms with Crippen molar-refractivity contribution in [3.05, 3.63) is 0 Å². The molecule has 1 rings (SSSR count). The molecule has 1 saturated heterocycles. The largest absolute Gasteiger partial charge is 0.479 e. The van der Waals surface area contributed by atoms with Gasteiger partial charge in [-0.25, -0.2) is 4.79 Å². The highest BCUT2D eigenvalue weighted by Crippen LogP contribution is 2.25. The smallest absolute Gasteiger partial charge is 0.336 e. The maximum Gasteiger partial charge on any atom is 0.336 e. The first-order chi connectivity index (χ1) is 12.5. The Morgan fingerprint density at radius 3 is 1.63 bits per heavy atom. The Morgan fingerprint density at radius 2 is 1.33 bits per heavy atom. The molecule has 7 nitrogen and oxygen atoms in total. The van der Waals surface area contributed by atoms with Crippen LogP contribution in [-0.4, -0.2) is 45.9 Å². The van der Waals surface area contributed by atoms with E-state index in [2.05, 4.69) is 27.7 Å². The molecule has 2 atom stereocenters. The fourth-order valence-electron chi connectivity index (χ4n) is 3.08. The van der Waals surface area contributed by atoms with Crippen molar-refractivity contribution in [3.63, 3.8) is 0 Å². The molecule has 7 heteroatoms. The van der Waals surface area contributed by atoms with Gasteiger partial charge in [-0.15, -0.1) is 0 Å². The number of hydrogen-bond donors (Lipinski definition) is 2. The van der Waals surface area contributed by atoms with Crippen LogP contribution in [0.1, 0.15) is 79.1 Å². The predicted octanol–water partition coefficient (Wildman–Crippen LogP) is 3.07. The standard InChI is InChI=1S/C20H34O7/c1-13(2)5-7-15-9-10-16(8-6-14(3)4)27-18(22)12-20(25,19(23)24)11-17(21)26-15/h13-16,25H,5-12H2,1-4H3,(H,23,24). The Labute approximate surface area is 161 Å². The zero-order valence-electron chi connectivity index (χ0n) is 16.9. The minimum atomic E-state index is -2.51. The summed E-state index contributed by atoms with van der Waals surface area (Å²) in [5, 5.41) is 19.6. The van der Waals surface area contributed by atoms with E-state index < -0.39 is 36.4 Å². The van der Waals surface area contributed by atoms with Crippen LogP contribution in [0.5, 0.6) is 0 Å². The number of aliphatic hydroxyl groups is 1. The molecule has 0 bridgehead atoms. The fraction of sp³-hybridized carbons (Fsp3) is 0.850. The van der Waals surface area contributed by atoms with E-state index in [9.17, 15) is 24.6 Å². The molecule has 2 N–H and O–H groups in total. The summed E-state index contributed by atoms with van der Waals surface area (Å²) >= 11 is 0. The number of carbonyl (C=O) groups is 3. The first-order valence-corrected chi connectivity index (χ1v) is 9.86. The molecule has 1 heterocycles. The zero-order chi connectivity index (χ0) is 20.6. The van der Waals surface area contributed by atoms with Crippen LogP contribution < -0.4 is 0 Å². The van der Waals surface area contributed by atoms with Gasteiger partial charge in [0.1, 0.15) is 12.2 Å². The molecular formula is C20H34O7. The number of carboxylic acids is 1. The average Bonchev–Trinajstić information content (AvgIpc) is 2.54. The van der Waals surface area contributed by atoms with Crippen LogP contribution in [0.25, 0.3) is 0 Å².